The topological polar surface area (TPSA) is 58.6 Å². The Hall–Kier alpha value is -1.10. The second-order valence-electron chi connectivity index (χ2n) is 3.84. The number of unbranched alkanes of at least 4 members (excludes halogenated alkanes) is 1. The second kappa shape index (κ2) is 5.70. The van der Waals surface area contributed by atoms with E-state index >= 15 is 0 Å². The van der Waals surface area contributed by atoms with E-state index in [0.29, 0.717) is 19.7 Å². The maximum absolute atomic E-state index is 11.4. The Kier molecular flexibility index (Phi) is 4.55. The third-order valence-electron chi connectivity index (χ3n) is 2.49. The molecule has 0 aromatic carbocycles. The molecular weight excluding hydrogens is 196 g/mol. The zero-order chi connectivity index (χ0) is 11.3. The molecule has 0 aromatic rings. The molecule has 1 heterocycles. The van der Waals surface area contributed by atoms with Crippen LogP contribution in [0.5, 0.6) is 0 Å². The minimum Gasteiger partial charge on any atom is -0.385 e. The molecule has 1 fully saturated rings. The molecule has 86 valence electrons. The molecule has 0 bridgehead atoms. The smallest absolute Gasteiger partial charge is 0.324 e. The summed E-state index contributed by atoms with van der Waals surface area (Å²) in [4.78, 5) is 24.2. The number of carbonyl (C=O) groups is 2. The Bertz CT molecular complexity index is 243. The van der Waals surface area contributed by atoms with Crippen molar-refractivity contribution in [2.24, 2.45) is 5.92 Å². The van der Waals surface area contributed by atoms with Crippen molar-refractivity contribution >= 4 is 11.9 Å². The van der Waals surface area contributed by atoms with Gasteiger partial charge in [-0.2, -0.15) is 0 Å². The highest BCUT2D eigenvalue weighted by molar-refractivity contribution is 5.97. The lowest BCUT2D eigenvalue weighted by molar-refractivity contribution is -0.125. The lowest BCUT2D eigenvalue weighted by atomic mass is 10.1. The predicted octanol–water partition coefficient (Wildman–Crippen LogP) is 0.601. The lowest BCUT2D eigenvalue weighted by Crippen LogP contribution is -2.53. The molecule has 1 aliphatic heterocycles. The quantitative estimate of drug-likeness (QED) is 0.682. The summed E-state index contributed by atoms with van der Waals surface area (Å²) in [5.74, 6) is -0.279. The summed E-state index contributed by atoms with van der Waals surface area (Å²) >= 11 is 0. The highest BCUT2D eigenvalue weighted by Crippen LogP contribution is 2.08. The Morgan fingerprint density at radius 2 is 2.20 bits per heavy atom. The largest absolute Gasteiger partial charge is 0.385 e. The summed E-state index contributed by atoms with van der Waals surface area (Å²) in [6.07, 6.45) is 1.84. The summed E-state index contributed by atoms with van der Waals surface area (Å²) in [6, 6.07) is -0.268. The van der Waals surface area contributed by atoms with E-state index in [1.807, 2.05) is 6.92 Å². The van der Waals surface area contributed by atoms with Crippen molar-refractivity contribution in [2.45, 2.75) is 19.8 Å². The first-order valence-corrected chi connectivity index (χ1v) is 5.24. The molecule has 1 atom stereocenters. The van der Waals surface area contributed by atoms with Crippen molar-refractivity contribution in [1.82, 2.24) is 10.2 Å². The van der Waals surface area contributed by atoms with Crippen LogP contribution >= 0.6 is 0 Å². The zero-order valence-electron chi connectivity index (χ0n) is 9.28. The van der Waals surface area contributed by atoms with Crippen molar-refractivity contribution in [1.29, 1.82) is 0 Å². The minimum absolute atomic E-state index is 0.106. The number of carbonyl (C=O) groups excluding carboxylic acids is 2. The summed E-state index contributed by atoms with van der Waals surface area (Å²) in [6.45, 7) is 3.75. The van der Waals surface area contributed by atoms with Gasteiger partial charge in [-0.15, -0.1) is 0 Å². The molecule has 3 amide bonds. The van der Waals surface area contributed by atoms with Crippen LogP contribution in [0.15, 0.2) is 0 Å². The predicted molar refractivity (Wildman–Crippen MR) is 55.4 cm³/mol. The Morgan fingerprint density at radius 1 is 1.47 bits per heavy atom. The molecule has 0 aliphatic carbocycles. The van der Waals surface area contributed by atoms with Gasteiger partial charge in [0.1, 0.15) is 0 Å². The number of imide groups is 1. The third kappa shape index (κ3) is 3.51. The average Bonchev–Trinajstić information content (AvgIpc) is 2.20. The summed E-state index contributed by atoms with van der Waals surface area (Å²) < 4.78 is 4.92. The highest BCUT2D eigenvalue weighted by Gasteiger charge is 2.28. The number of nitrogens with one attached hydrogen (secondary N) is 1. The van der Waals surface area contributed by atoms with Crippen LogP contribution in [0.2, 0.25) is 0 Å². The molecule has 1 unspecified atom stereocenters. The third-order valence-corrected chi connectivity index (χ3v) is 2.49. The number of hydrogen-bond donors (Lipinski definition) is 1. The fraction of sp³-hybridized carbons (Fsp3) is 0.800. The number of amides is 3. The van der Waals surface area contributed by atoms with Gasteiger partial charge in [-0.05, 0) is 12.8 Å². The van der Waals surface area contributed by atoms with Gasteiger partial charge in [-0.25, -0.2) is 4.79 Å². The van der Waals surface area contributed by atoms with Gasteiger partial charge >= 0.3 is 6.03 Å². The fourth-order valence-electron chi connectivity index (χ4n) is 1.55. The number of urea groups is 1. The Morgan fingerprint density at radius 3 is 2.87 bits per heavy atom. The van der Waals surface area contributed by atoms with E-state index in [9.17, 15) is 9.59 Å². The molecule has 0 spiro atoms. The number of nitrogens with zero attached hydrogens (tertiary/aromatic N) is 1. The molecule has 5 heteroatoms. The van der Waals surface area contributed by atoms with Crippen molar-refractivity contribution in [2.75, 3.05) is 26.8 Å². The van der Waals surface area contributed by atoms with Crippen LogP contribution in [0.1, 0.15) is 19.8 Å². The number of rotatable bonds is 5. The van der Waals surface area contributed by atoms with E-state index in [0.717, 1.165) is 12.8 Å². The van der Waals surface area contributed by atoms with Gasteiger partial charge in [-0.3, -0.25) is 10.1 Å². The average molecular weight is 214 g/mol. The van der Waals surface area contributed by atoms with Gasteiger partial charge < -0.3 is 9.64 Å². The zero-order valence-corrected chi connectivity index (χ0v) is 9.28. The van der Waals surface area contributed by atoms with Gasteiger partial charge in [0.05, 0.1) is 5.92 Å². The molecule has 1 aliphatic rings. The van der Waals surface area contributed by atoms with Crippen molar-refractivity contribution in [3.05, 3.63) is 0 Å². The van der Waals surface area contributed by atoms with Crippen LogP contribution in [0.3, 0.4) is 0 Å². The van der Waals surface area contributed by atoms with Gasteiger partial charge in [0.2, 0.25) is 5.91 Å². The van der Waals surface area contributed by atoms with Gasteiger partial charge in [-0.1, -0.05) is 6.92 Å². The van der Waals surface area contributed by atoms with E-state index in [2.05, 4.69) is 5.32 Å². The van der Waals surface area contributed by atoms with Crippen LogP contribution in [-0.2, 0) is 9.53 Å². The normalized spacial score (nSPS) is 21.7. The monoisotopic (exact) mass is 214 g/mol. The van der Waals surface area contributed by atoms with E-state index in [-0.39, 0.29) is 17.9 Å². The molecule has 0 radical (unpaired) electrons. The Labute approximate surface area is 89.8 Å². The maximum atomic E-state index is 11.4. The van der Waals surface area contributed by atoms with Gasteiger partial charge in [0.25, 0.3) is 0 Å². The van der Waals surface area contributed by atoms with Gasteiger partial charge in [0.15, 0.2) is 0 Å². The Balaban J connectivity index is 2.28. The van der Waals surface area contributed by atoms with Crippen molar-refractivity contribution in [3.63, 3.8) is 0 Å². The molecule has 1 N–H and O–H groups in total. The molecule has 1 saturated heterocycles. The van der Waals surface area contributed by atoms with Crippen LogP contribution in [0.4, 0.5) is 4.79 Å². The van der Waals surface area contributed by atoms with Crippen LogP contribution in [-0.4, -0.2) is 43.6 Å². The van der Waals surface area contributed by atoms with E-state index < -0.39 is 0 Å². The standard InChI is InChI=1S/C10H18N2O3/c1-8-7-12(5-3-4-6-15-2)10(14)11-9(8)13/h8H,3-7H2,1-2H3,(H,11,13,14). The number of hydrogen-bond acceptors (Lipinski definition) is 3. The molecule has 0 saturated carbocycles. The molecule has 5 nitrogen and oxygen atoms in total. The SMILES string of the molecule is COCCCCN1CC(C)C(=O)NC1=O. The highest BCUT2D eigenvalue weighted by atomic mass is 16.5. The second-order valence-corrected chi connectivity index (χ2v) is 3.84. The number of methoxy groups -OCH3 is 1. The van der Waals surface area contributed by atoms with Crippen LogP contribution in [0.25, 0.3) is 0 Å². The summed E-state index contributed by atoms with van der Waals surface area (Å²) in [5.41, 5.74) is 0. The number of ether oxygens (including phenoxy) is 1. The van der Waals surface area contributed by atoms with E-state index in [1.54, 1.807) is 12.0 Å². The molecule has 1 rings (SSSR count). The van der Waals surface area contributed by atoms with E-state index in [4.69, 9.17) is 4.74 Å². The first kappa shape index (κ1) is 12.0. The van der Waals surface area contributed by atoms with Crippen LogP contribution < -0.4 is 5.32 Å². The first-order chi connectivity index (χ1) is 7.15. The lowest BCUT2D eigenvalue weighted by Gasteiger charge is -2.30. The molecular formula is C10H18N2O3. The first-order valence-electron chi connectivity index (χ1n) is 5.24. The van der Waals surface area contributed by atoms with Gasteiger partial charge in [0, 0.05) is 26.8 Å². The van der Waals surface area contributed by atoms with Crippen molar-refractivity contribution < 1.29 is 14.3 Å². The van der Waals surface area contributed by atoms with E-state index in [1.165, 1.54) is 0 Å². The maximum Gasteiger partial charge on any atom is 0.324 e. The summed E-state index contributed by atoms with van der Waals surface area (Å²) in [5, 5.41) is 2.34. The fourth-order valence-corrected chi connectivity index (χ4v) is 1.55. The molecule has 0 aromatic heterocycles. The van der Waals surface area contributed by atoms with Crippen LogP contribution in [0, 0.1) is 5.92 Å². The summed E-state index contributed by atoms with van der Waals surface area (Å²) in [7, 11) is 1.66. The molecule has 15 heavy (non-hydrogen) atoms. The van der Waals surface area contributed by atoms with Crippen molar-refractivity contribution in [3.8, 4) is 0 Å². The minimum atomic E-state index is -0.268.